The Morgan fingerprint density at radius 1 is 1.10 bits per heavy atom. The largest absolute Gasteiger partial charge is 0.394 e. The van der Waals surface area contributed by atoms with E-state index < -0.39 is 0 Å². The van der Waals surface area contributed by atoms with E-state index in [1.165, 1.54) is 0 Å². The third kappa shape index (κ3) is 2.67. The molecule has 1 aliphatic heterocycles. The van der Waals surface area contributed by atoms with Gasteiger partial charge in [-0.2, -0.15) is 5.10 Å². The third-order valence-corrected chi connectivity index (χ3v) is 4.12. The summed E-state index contributed by atoms with van der Waals surface area (Å²) in [7, 11) is 1.93. The number of anilines is 3. The predicted octanol–water partition coefficient (Wildman–Crippen LogP) is 1.19. The highest BCUT2D eigenvalue weighted by Gasteiger charge is 2.23. The van der Waals surface area contributed by atoms with Gasteiger partial charge in [-0.1, -0.05) is 0 Å². The van der Waals surface area contributed by atoms with E-state index in [1.807, 2.05) is 18.7 Å². The van der Waals surface area contributed by atoms with Crippen LogP contribution < -0.4 is 15.5 Å². The Labute approximate surface area is 131 Å². The second-order valence-corrected chi connectivity index (χ2v) is 6.04. The number of rotatable bonds is 2. The lowest BCUT2D eigenvalue weighted by Crippen LogP contribution is -2.47. The van der Waals surface area contributed by atoms with E-state index in [4.69, 9.17) is 5.73 Å². The molecule has 1 fully saturated rings. The van der Waals surface area contributed by atoms with Crippen LogP contribution in [0.4, 0.5) is 17.5 Å². The Morgan fingerprint density at radius 3 is 2.19 bits per heavy atom. The predicted molar refractivity (Wildman–Crippen MR) is 86.5 cm³/mol. The molecule has 0 atom stereocenters. The SMILES string of the molecule is Cc1nn(C)c(N2CCN(c3ncc(Br)cn3)CC2)c1N. The van der Waals surface area contributed by atoms with Crippen molar-refractivity contribution in [1.82, 2.24) is 19.7 Å². The molecule has 0 saturated carbocycles. The fourth-order valence-electron chi connectivity index (χ4n) is 2.62. The number of aryl methyl sites for hydroxylation is 2. The van der Waals surface area contributed by atoms with Crippen molar-refractivity contribution in [2.24, 2.45) is 7.05 Å². The van der Waals surface area contributed by atoms with Gasteiger partial charge in [0.1, 0.15) is 0 Å². The first-order valence-corrected chi connectivity index (χ1v) is 7.62. The minimum atomic E-state index is 0.769. The van der Waals surface area contributed by atoms with Gasteiger partial charge in [-0.3, -0.25) is 4.68 Å². The molecular formula is C13H18BrN7. The highest BCUT2D eigenvalue weighted by molar-refractivity contribution is 9.10. The number of piperazine rings is 1. The maximum atomic E-state index is 6.13. The second kappa shape index (κ2) is 5.51. The Kier molecular flexibility index (Phi) is 3.71. The van der Waals surface area contributed by atoms with Gasteiger partial charge < -0.3 is 15.5 Å². The first-order chi connectivity index (χ1) is 10.1. The van der Waals surface area contributed by atoms with Crippen molar-refractivity contribution in [2.45, 2.75) is 6.92 Å². The van der Waals surface area contributed by atoms with Crippen molar-refractivity contribution in [1.29, 1.82) is 0 Å². The van der Waals surface area contributed by atoms with Crippen molar-refractivity contribution in [3.63, 3.8) is 0 Å². The number of nitrogen functional groups attached to an aromatic ring is 1. The molecule has 0 bridgehead atoms. The van der Waals surface area contributed by atoms with Crippen LogP contribution in [0.2, 0.25) is 0 Å². The molecular weight excluding hydrogens is 334 g/mol. The highest BCUT2D eigenvalue weighted by atomic mass is 79.9. The number of halogens is 1. The van der Waals surface area contributed by atoms with Crippen molar-refractivity contribution in [3.8, 4) is 0 Å². The molecule has 1 aliphatic rings. The molecule has 0 amide bonds. The van der Waals surface area contributed by atoms with Crippen LogP contribution in [-0.2, 0) is 7.05 Å². The smallest absolute Gasteiger partial charge is 0.225 e. The zero-order valence-corrected chi connectivity index (χ0v) is 13.7. The number of nitrogens with zero attached hydrogens (tertiary/aromatic N) is 6. The topological polar surface area (TPSA) is 76.1 Å². The summed E-state index contributed by atoms with van der Waals surface area (Å²) in [5, 5.41) is 4.38. The summed E-state index contributed by atoms with van der Waals surface area (Å²) in [5.41, 5.74) is 7.78. The molecule has 0 unspecified atom stereocenters. The molecule has 7 nitrogen and oxygen atoms in total. The van der Waals surface area contributed by atoms with E-state index in [0.717, 1.165) is 53.8 Å². The molecule has 2 N–H and O–H groups in total. The zero-order valence-electron chi connectivity index (χ0n) is 12.1. The normalized spacial score (nSPS) is 15.6. The molecule has 3 rings (SSSR count). The van der Waals surface area contributed by atoms with Crippen LogP contribution in [0.15, 0.2) is 16.9 Å². The lowest BCUT2D eigenvalue weighted by molar-refractivity contribution is 0.615. The van der Waals surface area contributed by atoms with Gasteiger partial charge in [0.15, 0.2) is 5.82 Å². The summed E-state index contributed by atoms with van der Waals surface area (Å²) in [6.45, 7) is 5.42. The van der Waals surface area contributed by atoms with E-state index in [0.29, 0.717) is 0 Å². The maximum absolute atomic E-state index is 6.13. The lowest BCUT2D eigenvalue weighted by atomic mass is 10.3. The van der Waals surface area contributed by atoms with Crippen LogP contribution in [0.1, 0.15) is 5.69 Å². The molecule has 8 heteroatoms. The summed E-state index contributed by atoms with van der Waals surface area (Å²) in [4.78, 5) is 13.1. The standard InChI is InChI=1S/C13H18BrN7/c1-9-11(15)12(19(2)18-9)20-3-5-21(6-4-20)13-16-7-10(14)8-17-13/h7-8H,3-6,15H2,1-2H3. The van der Waals surface area contributed by atoms with Crippen LogP contribution in [0, 0.1) is 6.92 Å². The molecule has 0 aromatic carbocycles. The van der Waals surface area contributed by atoms with Gasteiger partial charge >= 0.3 is 0 Å². The van der Waals surface area contributed by atoms with Gasteiger partial charge in [-0.25, -0.2) is 9.97 Å². The van der Waals surface area contributed by atoms with Crippen molar-refractivity contribution in [2.75, 3.05) is 41.7 Å². The number of hydrogen-bond acceptors (Lipinski definition) is 6. The summed E-state index contributed by atoms with van der Waals surface area (Å²) < 4.78 is 2.75. The van der Waals surface area contributed by atoms with Crippen molar-refractivity contribution >= 4 is 33.4 Å². The van der Waals surface area contributed by atoms with Gasteiger partial charge in [0.2, 0.25) is 5.95 Å². The van der Waals surface area contributed by atoms with Gasteiger partial charge in [0.25, 0.3) is 0 Å². The highest BCUT2D eigenvalue weighted by Crippen LogP contribution is 2.26. The lowest BCUT2D eigenvalue weighted by Gasteiger charge is -2.36. The van der Waals surface area contributed by atoms with Crippen molar-refractivity contribution in [3.05, 3.63) is 22.6 Å². The molecule has 21 heavy (non-hydrogen) atoms. The average molecular weight is 352 g/mol. The van der Waals surface area contributed by atoms with E-state index in [2.05, 4.69) is 40.8 Å². The molecule has 2 aromatic rings. The van der Waals surface area contributed by atoms with E-state index >= 15 is 0 Å². The van der Waals surface area contributed by atoms with Crippen LogP contribution in [0.3, 0.4) is 0 Å². The Hall–Kier alpha value is -1.83. The van der Waals surface area contributed by atoms with Gasteiger partial charge in [-0.05, 0) is 22.9 Å². The monoisotopic (exact) mass is 351 g/mol. The molecule has 0 radical (unpaired) electrons. The fourth-order valence-corrected chi connectivity index (χ4v) is 2.83. The number of nitrogens with two attached hydrogens (primary N) is 1. The minimum Gasteiger partial charge on any atom is -0.394 e. The minimum absolute atomic E-state index is 0.769. The van der Waals surface area contributed by atoms with Crippen LogP contribution in [0.5, 0.6) is 0 Å². The van der Waals surface area contributed by atoms with Gasteiger partial charge in [0, 0.05) is 45.6 Å². The maximum Gasteiger partial charge on any atom is 0.225 e. The molecule has 112 valence electrons. The van der Waals surface area contributed by atoms with Crippen LogP contribution >= 0.6 is 15.9 Å². The molecule has 1 saturated heterocycles. The fraction of sp³-hybridized carbons (Fsp3) is 0.462. The summed E-state index contributed by atoms with van der Waals surface area (Å²) in [6.07, 6.45) is 3.55. The summed E-state index contributed by atoms with van der Waals surface area (Å²) in [6, 6.07) is 0. The number of hydrogen-bond donors (Lipinski definition) is 1. The van der Waals surface area contributed by atoms with Crippen molar-refractivity contribution < 1.29 is 0 Å². The van der Waals surface area contributed by atoms with Gasteiger partial charge in [0.05, 0.1) is 15.9 Å². The molecule has 2 aromatic heterocycles. The molecule has 3 heterocycles. The summed E-state index contributed by atoms with van der Waals surface area (Å²) >= 11 is 3.35. The second-order valence-electron chi connectivity index (χ2n) is 5.12. The van der Waals surface area contributed by atoms with Crippen LogP contribution in [-0.4, -0.2) is 45.9 Å². The Balaban J connectivity index is 1.71. The first kappa shape index (κ1) is 14.1. The zero-order chi connectivity index (χ0) is 15.0. The van der Waals surface area contributed by atoms with E-state index in [-0.39, 0.29) is 0 Å². The molecule has 0 spiro atoms. The Bertz CT molecular complexity index is 629. The number of aromatic nitrogens is 4. The van der Waals surface area contributed by atoms with E-state index in [1.54, 1.807) is 12.4 Å². The van der Waals surface area contributed by atoms with Gasteiger partial charge in [-0.15, -0.1) is 0 Å². The average Bonchev–Trinajstić information content (AvgIpc) is 2.73. The quantitative estimate of drug-likeness (QED) is 0.875. The molecule has 0 aliphatic carbocycles. The summed E-state index contributed by atoms with van der Waals surface area (Å²) in [5.74, 6) is 1.77. The third-order valence-electron chi connectivity index (χ3n) is 3.71. The Morgan fingerprint density at radius 2 is 1.67 bits per heavy atom. The van der Waals surface area contributed by atoms with Crippen LogP contribution in [0.25, 0.3) is 0 Å². The first-order valence-electron chi connectivity index (χ1n) is 6.83. The van der Waals surface area contributed by atoms with E-state index in [9.17, 15) is 0 Å².